The number of hydrogen-bond acceptors (Lipinski definition) is 4. The van der Waals surface area contributed by atoms with Crippen molar-refractivity contribution in [3.63, 3.8) is 0 Å². The Kier molecular flexibility index (Phi) is 4.01. The summed E-state index contributed by atoms with van der Waals surface area (Å²) >= 11 is 0. The second-order valence-corrected chi connectivity index (χ2v) is 6.25. The van der Waals surface area contributed by atoms with Gasteiger partial charge >= 0.3 is 5.97 Å². The molecule has 1 aliphatic heterocycles. The molecule has 0 aromatic carbocycles. The third-order valence-electron chi connectivity index (χ3n) is 3.89. The molecule has 1 saturated heterocycles. The lowest BCUT2D eigenvalue weighted by Crippen LogP contribution is -2.52. The molecular formula is C14H22N2O4. The lowest BCUT2D eigenvalue weighted by Gasteiger charge is -2.24. The molecule has 0 radical (unpaired) electrons. The van der Waals surface area contributed by atoms with Crippen LogP contribution in [0.1, 0.15) is 33.1 Å². The molecule has 6 heteroatoms. The fourth-order valence-electron chi connectivity index (χ4n) is 2.45. The quantitative estimate of drug-likeness (QED) is 0.737. The van der Waals surface area contributed by atoms with Crippen LogP contribution in [0.3, 0.4) is 0 Å². The first kappa shape index (κ1) is 14.8. The normalized spacial score (nSPS) is 22.9. The number of hydrogen-bond donors (Lipinski definition) is 1. The van der Waals surface area contributed by atoms with Gasteiger partial charge in [-0.3, -0.25) is 9.59 Å². The Bertz CT molecular complexity index is 429. The molecule has 6 nitrogen and oxygen atoms in total. The minimum absolute atomic E-state index is 0.0351. The van der Waals surface area contributed by atoms with E-state index in [0.29, 0.717) is 12.5 Å². The van der Waals surface area contributed by atoms with Crippen LogP contribution in [0.4, 0.5) is 0 Å². The number of carbonyl (C=O) groups excluding carboxylic acids is 3. The Morgan fingerprint density at radius 3 is 2.60 bits per heavy atom. The van der Waals surface area contributed by atoms with E-state index in [1.54, 1.807) is 18.7 Å². The monoisotopic (exact) mass is 282 g/mol. The van der Waals surface area contributed by atoms with E-state index in [1.807, 2.05) is 0 Å². The second-order valence-electron chi connectivity index (χ2n) is 6.25. The molecule has 0 aromatic heterocycles. The fourth-order valence-corrected chi connectivity index (χ4v) is 2.45. The largest absolute Gasteiger partial charge is 0.467 e. The fraction of sp³-hybridized carbons (Fsp3) is 0.786. The predicted molar refractivity (Wildman–Crippen MR) is 71.6 cm³/mol. The highest BCUT2D eigenvalue weighted by Gasteiger charge is 2.40. The smallest absolute Gasteiger partial charge is 0.330 e. The summed E-state index contributed by atoms with van der Waals surface area (Å²) in [5.41, 5.74) is -1.07. The van der Waals surface area contributed by atoms with E-state index < -0.39 is 11.5 Å². The molecule has 1 atom stereocenters. The van der Waals surface area contributed by atoms with Crippen LogP contribution in [0.25, 0.3) is 0 Å². The maximum absolute atomic E-state index is 12.2. The molecule has 20 heavy (non-hydrogen) atoms. The highest BCUT2D eigenvalue weighted by molar-refractivity contribution is 5.92. The van der Waals surface area contributed by atoms with E-state index in [1.165, 1.54) is 20.0 Å². The summed E-state index contributed by atoms with van der Waals surface area (Å²) in [6.07, 6.45) is 2.59. The van der Waals surface area contributed by atoms with Crippen molar-refractivity contribution in [3.8, 4) is 0 Å². The third-order valence-corrected chi connectivity index (χ3v) is 3.89. The van der Waals surface area contributed by atoms with Crippen LogP contribution in [-0.2, 0) is 19.1 Å². The lowest BCUT2D eigenvalue weighted by molar-refractivity contribution is -0.149. The molecule has 112 valence electrons. The van der Waals surface area contributed by atoms with Crippen LogP contribution in [0.2, 0.25) is 0 Å². The van der Waals surface area contributed by atoms with E-state index >= 15 is 0 Å². The Hall–Kier alpha value is -1.59. The molecule has 0 unspecified atom stereocenters. The van der Waals surface area contributed by atoms with Gasteiger partial charge in [-0.1, -0.05) is 0 Å². The Morgan fingerprint density at radius 2 is 2.05 bits per heavy atom. The van der Waals surface area contributed by atoms with Gasteiger partial charge in [-0.15, -0.1) is 0 Å². The molecule has 1 aliphatic carbocycles. The van der Waals surface area contributed by atoms with Gasteiger partial charge in [0.25, 0.3) is 0 Å². The molecule has 2 amide bonds. The summed E-state index contributed by atoms with van der Waals surface area (Å²) in [5.74, 6) is -0.470. The molecule has 1 N–H and O–H groups in total. The molecule has 1 saturated carbocycles. The number of methoxy groups -OCH3 is 1. The van der Waals surface area contributed by atoms with Crippen LogP contribution in [0.5, 0.6) is 0 Å². The molecule has 2 rings (SSSR count). The number of nitrogens with one attached hydrogen (secondary N) is 1. The first-order valence-corrected chi connectivity index (χ1v) is 7.01. The van der Waals surface area contributed by atoms with Gasteiger partial charge in [-0.05, 0) is 32.6 Å². The van der Waals surface area contributed by atoms with Crippen molar-refractivity contribution >= 4 is 17.8 Å². The van der Waals surface area contributed by atoms with Crippen molar-refractivity contribution < 1.29 is 19.1 Å². The third kappa shape index (κ3) is 3.29. The van der Waals surface area contributed by atoms with E-state index in [9.17, 15) is 14.4 Å². The van der Waals surface area contributed by atoms with Gasteiger partial charge in [0.1, 0.15) is 5.54 Å². The van der Waals surface area contributed by atoms with Crippen molar-refractivity contribution in [3.05, 3.63) is 0 Å². The summed E-state index contributed by atoms with van der Waals surface area (Å²) in [7, 11) is 1.28. The zero-order valence-corrected chi connectivity index (χ0v) is 12.3. The number of amides is 2. The Morgan fingerprint density at radius 1 is 1.40 bits per heavy atom. The van der Waals surface area contributed by atoms with Crippen LogP contribution >= 0.6 is 0 Å². The molecule has 0 aromatic rings. The summed E-state index contributed by atoms with van der Waals surface area (Å²) < 4.78 is 4.65. The highest BCUT2D eigenvalue weighted by atomic mass is 16.5. The topological polar surface area (TPSA) is 75.7 Å². The summed E-state index contributed by atoms with van der Waals surface area (Å²) in [6, 6.07) is 0. The number of ether oxygens (including phenoxy) is 1. The van der Waals surface area contributed by atoms with Gasteiger partial charge in [0.05, 0.1) is 13.0 Å². The number of carbonyl (C=O) groups is 3. The number of nitrogens with zero attached hydrogens (tertiary/aromatic N) is 1. The molecule has 2 aliphatic rings. The van der Waals surface area contributed by atoms with E-state index in [4.69, 9.17) is 0 Å². The van der Waals surface area contributed by atoms with Gasteiger partial charge in [0.2, 0.25) is 11.8 Å². The predicted octanol–water partition coefficient (Wildman–Crippen LogP) is 0.313. The van der Waals surface area contributed by atoms with Crippen molar-refractivity contribution in [2.24, 2.45) is 11.8 Å². The summed E-state index contributed by atoms with van der Waals surface area (Å²) in [6.45, 7) is 4.41. The zero-order chi connectivity index (χ0) is 14.9. The molecular weight excluding hydrogens is 260 g/mol. The molecule has 0 spiro atoms. The highest BCUT2D eigenvalue weighted by Crippen LogP contribution is 2.32. The first-order valence-electron chi connectivity index (χ1n) is 7.01. The van der Waals surface area contributed by atoms with E-state index in [0.717, 1.165) is 6.54 Å². The summed E-state index contributed by atoms with van der Waals surface area (Å²) in [5, 5.41) is 2.67. The lowest BCUT2D eigenvalue weighted by atomic mass is 10.0. The average molecular weight is 282 g/mol. The van der Waals surface area contributed by atoms with Crippen molar-refractivity contribution in [2.75, 3.05) is 20.2 Å². The minimum Gasteiger partial charge on any atom is -0.467 e. The van der Waals surface area contributed by atoms with Crippen molar-refractivity contribution in [1.82, 2.24) is 10.2 Å². The van der Waals surface area contributed by atoms with Crippen molar-refractivity contribution in [2.45, 2.75) is 38.6 Å². The first-order chi connectivity index (χ1) is 9.33. The molecule has 0 bridgehead atoms. The zero-order valence-electron chi connectivity index (χ0n) is 12.3. The SMILES string of the molecule is COC(=O)C(C)(C)NC(=O)[C@@H]1CC(=O)N(CC2CC2)C1. The van der Waals surface area contributed by atoms with Gasteiger partial charge in [0.15, 0.2) is 0 Å². The van der Waals surface area contributed by atoms with Crippen LogP contribution in [0, 0.1) is 11.8 Å². The van der Waals surface area contributed by atoms with Crippen LogP contribution < -0.4 is 5.32 Å². The number of esters is 1. The van der Waals surface area contributed by atoms with Crippen LogP contribution in [0.15, 0.2) is 0 Å². The number of likely N-dealkylation sites (tertiary alicyclic amines) is 1. The van der Waals surface area contributed by atoms with Crippen LogP contribution in [-0.4, -0.2) is 48.4 Å². The summed E-state index contributed by atoms with van der Waals surface area (Å²) in [4.78, 5) is 37.4. The van der Waals surface area contributed by atoms with Gasteiger partial charge < -0.3 is 15.0 Å². The van der Waals surface area contributed by atoms with E-state index in [2.05, 4.69) is 10.1 Å². The molecule has 2 fully saturated rings. The van der Waals surface area contributed by atoms with Crippen molar-refractivity contribution in [1.29, 1.82) is 0 Å². The van der Waals surface area contributed by atoms with E-state index in [-0.39, 0.29) is 24.2 Å². The average Bonchev–Trinajstić information content (AvgIpc) is 3.11. The maximum Gasteiger partial charge on any atom is 0.330 e. The van der Waals surface area contributed by atoms with Gasteiger partial charge in [-0.2, -0.15) is 0 Å². The standard InChI is InChI=1S/C14H22N2O4/c1-14(2,13(19)20-3)15-12(18)10-6-11(17)16(8-10)7-9-4-5-9/h9-10H,4-8H2,1-3H3,(H,15,18)/t10-/m1/s1. The Labute approximate surface area is 118 Å². The molecule has 1 heterocycles. The Balaban J connectivity index is 1.90. The maximum atomic E-state index is 12.2. The van der Waals surface area contributed by atoms with Gasteiger partial charge in [0, 0.05) is 19.5 Å². The second kappa shape index (κ2) is 5.42. The number of rotatable bonds is 5. The van der Waals surface area contributed by atoms with Gasteiger partial charge in [-0.25, -0.2) is 4.79 Å². The minimum atomic E-state index is -1.07.